The second kappa shape index (κ2) is 6.06. The van der Waals surface area contributed by atoms with Gasteiger partial charge in [0.1, 0.15) is 0 Å². The molecule has 0 amide bonds. The van der Waals surface area contributed by atoms with Crippen molar-refractivity contribution in [3.8, 4) is 5.75 Å². The van der Waals surface area contributed by atoms with Crippen LogP contribution in [-0.4, -0.2) is 45.7 Å². The SMILES string of the molecule is CC(C)c1cnc2c(O)c(CN3CCOCC3)ccn2c1=O. The fraction of sp³-hybridized carbons (Fsp3) is 0.500. The van der Waals surface area contributed by atoms with Gasteiger partial charge in [-0.1, -0.05) is 13.8 Å². The minimum absolute atomic E-state index is 0.0846. The van der Waals surface area contributed by atoms with Crippen molar-refractivity contribution in [3.63, 3.8) is 0 Å². The van der Waals surface area contributed by atoms with Gasteiger partial charge in [-0.15, -0.1) is 0 Å². The molecular formula is C16H21N3O3. The number of ether oxygens (including phenoxy) is 1. The van der Waals surface area contributed by atoms with Gasteiger partial charge in [0.25, 0.3) is 5.56 Å². The largest absolute Gasteiger partial charge is 0.504 e. The Morgan fingerprint density at radius 3 is 2.77 bits per heavy atom. The van der Waals surface area contributed by atoms with Gasteiger partial charge < -0.3 is 9.84 Å². The number of hydrogen-bond acceptors (Lipinski definition) is 5. The highest BCUT2D eigenvalue weighted by Gasteiger charge is 2.16. The van der Waals surface area contributed by atoms with E-state index in [-0.39, 0.29) is 17.2 Å². The average Bonchev–Trinajstić information content (AvgIpc) is 2.51. The van der Waals surface area contributed by atoms with Crippen LogP contribution in [0.1, 0.15) is 30.9 Å². The molecule has 118 valence electrons. The monoisotopic (exact) mass is 303 g/mol. The Morgan fingerprint density at radius 2 is 2.09 bits per heavy atom. The molecule has 6 nitrogen and oxygen atoms in total. The minimum Gasteiger partial charge on any atom is -0.504 e. The third-order valence-corrected chi connectivity index (χ3v) is 4.08. The van der Waals surface area contributed by atoms with Crippen LogP contribution in [0.4, 0.5) is 0 Å². The quantitative estimate of drug-likeness (QED) is 0.927. The van der Waals surface area contributed by atoms with Gasteiger partial charge in [-0.25, -0.2) is 4.98 Å². The standard InChI is InChI=1S/C16H21N3O3/c1-11(2)13-9-17-15-14(20)12(3-4-19(15)16(13)21)10-18-5-7-22-8-6-18/h3-4,9,11,20H,5-8,10H2,1-2H3. The summed E-state index contributed by atoms with van der Waals surface area (Å²) in [7, 11) is 0. The molecular weight excluding hydrogens is 282 g/mol. The van der Waals surface area contributed by atoms with E-state index >= 15 is 0 Å². The van der Waals surface area contributed by atoms with Crippen molar-refractivity contribution >= 4 is 5.65 Å². The number of aromatic hydroxyl groups is 1. The summed E-state index contributed by atoms with van der Waals surface area (Å²) >= 11 is 0. The summed E-state index contributed by atoms with van der Waals surface area (Å²) in [6.07, 6.45) is 3.27. The number of fused-ring (bicyclic) bond motifs is 1. The Morgan fingerprint density at radius 1 is 1.36 bits per heavy atom. The third kappa shape index (κ3) is 2.71. The summed E-state index contributed by atoms with van der Waals surface area (Å²) in [4.78, 5) is 18.9. The van der Waals surface area contributed by atoms with E-state index in [2.05, 4.69) is 9.88 Å². The molecule has 0 aromatic carbocycles. The highest BCUT2D eigenvalue weighted by atomic mass is 16.5. The van der Waals surface area contributed by atoms with Crippen molar-refractivity contribution in [1.82, 2.24) is 14.3 Å². The Bertz CT molecular complexity index is 733. The zero-order valence-corrected chi connectivity index (χ0v) is 13.0. The Kier molecular flexibility index (Phi) is 4.13. The zero-order chi connectivity index (χ0) is 15.7. The maximum Gasteiger partial charge on any atom is 0.261 e. The molecule has 3 heterocycles. The zero-order valence-electron chi connectivity index (χ0n) is 13.0. The molecule has 1 aliphatic heterocycles. The smallest absolute Gasteiger partial charge is 0.261 e. The molecule has 6 heteroatoms. The lowest BCUT2D eigenvalue weighted by atomic mass is 10.1. The van der Waals surface area contributed by atoms with Crippen LogP contribution < -0.4 is 5.56 Å². The maximum atomic E-state index is 12.4. The summed E-state index contributed by atoms with van der Waals surface area (Å²) < 4.78 is 6.75. The molecule has 0 bridgehead atoms. The van der Waals surface area contributed by atoms with E-state index in [0.29, 0.717) is 31.0 Å². The lowest BCUT2D eigenvalue weighted by Gasteiger charge is -2.26. The van der Waals surface area contributed by atoms with Crippen molar-refractivity contribution in [1.29, 1.82) is 0 Å². The molecule has 0 saturated carbocycles. The molecule has 0 aliphatic carbocycles. The third-order valence-electron chi connectivity index (χ3n) is 4.08. The molecule has 3 rings (SSSR count). The van der Waals surface area contributed by atoms with Crippen LogP contribution in [0, 0.1) is 0 Å². The van der Waals surface area contributed by atoms with Crippen LogP contribution in [0.2, 0.25) is 0 Å². The number of nitrogens with zero attached hydrogens (tertiary/aromatic N) is 3. The number of morpholine rings is 1. The summed E-state index contributed by atoms with van der Waals surface area (Å²) in [6, 6.07) is 1.80. The fourth-order valence-electron chi connectivity index (χ4n) is 2.71. The number of rotatable bonds is 3. The van der Waals surface area contributed by atoms with Gasteiger partial charge in [0.2, 0.25) is 0 Å². The maximum absolute atomic E-state index is 12.4. The molecule has 0 radical (unpaired) electrons. The molecule has 2 aromatic heterocycles. The Hall–Kier alpha value is -1.92. The summed E-state index contributed by atoms with van der Waals surface area (Å²) in [5.41, 5.74) is 1.64. The lowest BCUT2D eigenvalue weighted by molar-refractivity contribution is 0.0339. The first-order valence-electron chi connectivity index (χ1n) is 7.60. The second-order valence-corrected chi connectivity index (χ2v) is 5.95. The first-order chi connectivity index (χ1) is 10.6. The normalized spacial score (nSPS) is 16.5. The van der Waals surface area contributed by atoms with E-state index in [0.717, 1.165) is 18.7 Å². The molecule has 1 aliphatic rings. The average molecular weight is 303 g/mol. The van der Waals surface area contributed by atoms with E-state index in [1.165, 1.54) is 4.40 Å². The fourth-order valence-corrected chi connectivity index (χ4v) is 2.71. The molecule has 1 fully saturated rings. The van der Waals surface area contributed by atoms with Gasteiger partial charge in [-0.05, 0) is 12.0 Å². The van der Waals surface area contributed by atoms with Crippen molar-refractivity contribution in [2.75, 3.05) is 26.3 Å². The highest BCUT2D eigenvalue weighted by molar-refractivity contribution is 5.56. The molecule has 1 N–H and O–H groups in total. The number of hydrogen-bond donors (Lipinski definition) is 1. The summed E-state index contributed by atoms with van der Waals surface area (Å²) in [6.45, 7) is 7.66. The van der Waals surface area contributed by atoms with E-state index in [9.17, 15) is 9.90 Å². The van der Waals surface area contributed by atoms with Gasteiger partial charge in [0, 0.05) is 43.2 Å². The van der Waals surface area contributed by atoms with Crippen LogP contribution in [0.25, 0.3) is 5.65 Å². The van der Waals surface area contributed by atoms with Crippen LogP contribution in [0.5, 0.6) is 5.75 Å². The summed E-state index contributed by atoms with van der Waals surface area (Å²) in [5, 5.41) is 10.5. The van der Waals surface area contributed by atoms with Crippen molar-refractivity contribution in [2.24, 2.45) is 0 Å². The van der Waals surface area contributed by atoms with Crippen LogP contribution >= 0.6 is 0 Å². The van der Waals surface area contributed by atoms with Crippen LogP contribution in [0.3, 0.4) is 0 Å². The Balaban J connectivity index is 1.99. The molecule has 22 heavy (non-hydrogen) atoms. The molecule has 2 aromatic rings. The van der Waals surface area contributed by atoms with E-state index < -0.39 is 0 Å². The molecule has 0 unspecified atom stereocenters. The second-order valence-electron chi connectivity index (χ2n) is 5.95. The lowest BCUT2D eigenvalue weighted by Crippen LogP contribution is -2.35. The van der Waals surface area contributed by atoms with E-state index in [1.54, 1.807) is 18.5 Å². The molecule has 0 atom stereocenters. The van der Waals surface area contributed by atoms with Gasteiger partial charge in [0.05, 0.1) is 13.2 Å². The number of aromatic nitrogens is 2. The van der Waals surface area contributed by atoms with Crippen molar-refractivity contribution in [3.05, 3.63) is 39.9 Å². The van der Waals surface area contributed by atoms with Gasteiger partial charge >= 0.3 is 0 Å². The van der Waals surface area contributed by atoms with Crippen molar-refractivity contribution < 1.29 is 9.84 Å². The van der Waals surface area contributed by atoms with Gasteiger partial charge in [-0.3, -0.25) is 14.1 Å². The Labute approximate surface area is 129 Å². The van der Waals surface area contributed by atoms with Gasteiger partial charge in [0.15, 0.2) is 11.4 Å². The first-order valence-corrected chi connectivity index (χ1v) is 7.60. The molecule has 0 spiro atoms. The summed E-state index contributed by atoms with van der Waals surface area (Å²) in [5.74, 6) is 0.188. The minimum atomic E-state index is -0.117. The first kappa shape index (κ1) is 15.0. The highest BCUT2D eigenvalue weighted by Crippen LogP contribution is 2.23. The number of pyridine rings is 1. The topological polar surface area (TPSA) is 67.1 Å². The van der Waals surface area contributed by atoms with E-state index in [4.69, 9.17) is 4.74 Å². The van der Waals surface area contributed by atoms with Crippen LogP contribution in [-0.2, 0) is 11.3 Å². The van der Waals surface area contributed by atoms with E-state index in [1.807, 2.05) is 13.8 Å². The van der Waals surface area contributed by atoms with Gasteiger partial charge in [-0.2, -0.15) is 0 Å². The van der Waals surface area contributed by atoms with Crippen molar-refractivity contribution in [2.45, 2.75) is 26.3 Å². The molecule has 1 saturated heterocycles. The predicted molar refractivity (Wildman–Crippen MR) is 83.3 cm³/mol. The predicted octanol–water partition coefficient (Wildman–Crippen LogP) is 1.36. The van der Waals surface area contributed by atoms with Crippen LogP contribution in [0.15, 0.2) is 23.3 Å².